The lowest BCUT2D eigenvalue weighted by Gasteiger charge is -2.39. The molecule has 0 aliphatic carbocycles. The first-order valence-corrected chi connectivity index (χ1v) is 12.7. The van der Waals surface area contributed by atoms with Gasteiger partial charge in [0.2, 0.25) is 6.10 Å². The molecule has 2 aromatic carbocycles. The van der Waals surface area contributed by atoms with Gasteiger partial charge in [-0.05, 0) is 75.9 Å². The summed E-state index contributed by atoms with van der Waals surface area (Å²) < 4.78 is 11.8. The van der Waals surface area contributed by atoms with E-state index in [9.17, 15) is 4.79 Å². The number of methoxy groups -OCH3 is 1. The Morgan fingerprint density at radius 3 is 2.50 bits per heavy atom. The highest BCUT2D eigenvalue weighted by atomic mass is 16.5. The Bertz CT molecular complexity index is 969. The van der Waals surface area contributed by atoms with E-state index >= 15 is 0 Å². The minimum atomic E-state index is -0.744. The molecule has 0 bridgehead atoms. The summed E-state index contributed by atoms with van der Waals surface area (Å²) in [4.78, 5) is 18.2. The highest BCUT2D eigenvalue weighted by Crippen LogP contribution is 2.41. The lowest BCUT2D eigenvalue weighted by atomic mass is 9.97. The van der Waals surface area contributed by atoms with Gasteiger partial charge in [-0.2, -0.15) is 0 Å². The second-order valence-electron chi connectivity index (χ2n) is 9.66. The molecular weight excluding hydrogens is 426 g/mol. The van der Waals surface area contributed by atoms with Crippen LogP contribution in [-0.2, 0) is 11.3 Å². The first-order valence-electron chi connectivity index (χ1n) is 12.7. The zero-order chi connectivity index (χ0) is 24.1. The first-order chi connectivity index (χ1) is 16.5. The molecule has 0 spiro atoms. The molecule has 0 radical (unpaired) electrons. The van der Waals surface area contributed by atoms with Crippen molar-refractivity contribution >= 4 is 11.6 Å². The van der Waals surface area contributed by atoms with E-state index in [4.69, 9.17) is 15.2 Å². The number of ether oxygens (including phenoxy) is 2. The topological polar surface area (TPSA) is 68.0 Å². The van der Waals surface area contributed by atoms with E-state index in [-0.39, 0.29) is 5.91 Å². The molecule has 3 unspecified atom stereocenters. The van der Waals surface area contributed by atoms with E-state index in [1.165, 1.54) is 19.3 Å². The summed E-state index contributed by atoms with van der Waals surface area (Å²) >= 11 is 0. The van der Waals surface area contributed by atoms with Crippen LogP contribution in [0.15, 0.2) is 42.5 Å². The molecule has 0 saturated carbocycles. The van der Waals surface area contributed by atoms with Crippen molar-refractivity contribution in [2.24, 2.45) is 5.73 Å². The number of piperidine rings is 1. The fourth-order valence-electron chi connectivity index (χ4n) is 5.42. The fourth-order valence-corrected chi connectivity index (χ4v) is 5.42. The van der Waals surface area contributed by atoms with E-state index in [0.29, 0.717) is 30.9 Å². The van der Waals surface area contributed by atoms with E-state index in [2.05, 4.69) is 18.7 Å². The number of amides is 1. The lowest BCUT2D eigenvalue weighted by Crippen LogP contribution is -2.44. The van der Waals surface area contributed by atoms with Crippen LogP contribution < -0.4 is 20.1 Å². The van der Waals surface area contributed by atoms with Gasteiger partial charge in [-0.15, -0.1) is 0 Å². The Labute approximate surface area is 204 Å². The van der Waals surface area contributed by atoms with Crippen molar-refractivity contribution in [3.05, 3.63) is 53.6 Å². The van der Waals surface area contributed by atoms with E-state index in [1.54, 1.807) is 7.11 Å². The quantitative estimate of drug-likeness (QED) is 0.525. The van der Waals surface area contributed by atoms with Crippen molar-refractivity contribution in [1.82, 2.24) is 4.90 Å². The molecule has 2 N–H and O–H groups in total. The maximum absolute atomic E-state index is 13.7. The second-order valence-corrected chi connectivity index (χ2v) is 9.66. The maximum Gasteiger partial charge on any atom is 0.273 e. The van der Waals surface area contributed by atoms with Gasteiger partial charge in [0, 0.05) is 30.7 Å². The summed E-state index contributed by atoms with van der Waals surface area (Å²) in [5.41, 5.74) is 8.37. The molecule has 2 aliphatic rings. The van der Waals surface area contributed by atoms with Gasteiger partial charge in [0.25, 0.3) is 5.91 Å². The predicted molar refractivity (Wildman–Crippen MR) is 136 cm³/mol. The van der Waals surface area contributed by atoms with Gasteiger partial charge in [-0.25, -0.2) is 0 Å². The van der Waals surface area contributed by atoms with Crippen molar-refractivity contribution in [2.75, 3.05) is 25.1 Å². The maximum atomic E-state index is 13.7. The van der Waals surface area contributed by atoms with Gasteiger partial charge < -0.3 is 20.1 Å². The number of likely N-dealkylation sites (tertiary alicyclic amines) is 1. The average Bonchev–Trinajstić information content (AvgIpc) is 2.85. The number of anilines is 1. The Balaban J connectivity index is 1.45. The molecule has 2 heterocycles. The van der Waals surface area contributed by atoms with Crippen LogP contribution in [0.4, 0.5) is 5.69 Å². The average molecular weight is 466 g/mol. The number of hydrogen-bond acceptors (Lipinski definition) is 5. The van der Waals surface area contributed by atoms with Crippen LogP contribution in [-0.4, -0.2) is 43.1 Å². The molecule has 184 valence electrons. The van der Waals surface area contributed by atoms with Crippen LogP contribution in [0.3, 0.4) is 0 Å². The molecule has 34 heavy (non-hydrogen) atoms. The van der Waals surface area contributed by atoms with Crippen LogP contribution in [0.2, 0.25) is 0 Å². The second kappa shape index (κ2) is 11.2. The van der Waals surface area contributed by atoms with Crippen LogP contribution in [0.5, 0.6) is 11.5 Å². The number of hydrogen-bond donors (Lipinski definition) is 1. The number of nitrogens with zero attached hydrogens (tertiary/aromatic N) is 2. The van der Waals surface area contributed by atoms with Crippen LogP contribution >= 0.6 is 0 Å². The summed E-state index contributed by atoms with van der Waals surface area (Å²) in [5.74, 6) is 1.31. The van der Waals surface area contributed by atoms with Crippen molar-refractivity contribution in [1.29, 1.82) is 0 Å². The summed E-state index contributed by atoms with van der Waals surface area (Å²) in [7, 11) is 1.62. The van der Waals surface area contributed by atoms with Crippen molar-refractivity contribution in [3.8, 4) is 11.5 Å². The van der Waals surface area contributed by atoms with E-state index in [1.807, 2.05) is 47.4 Å². The van der Waals surface area contributed by atoms with Gasteiger partial charge in [-0.3, -0.25) is 9.69 Å². The molecule has 1 amide bonds. The molecule has 3 atom stereocenters. The highest BCUT2D eigenvalue weighted by Gasteiger charge is 2.37. The number of benzene rings is 2. The van der Waals surface area contributed by atoms with E-state index < -0.39 is 6.10 Å². The minimum absolute atomic E-state index is 0.0514. The van der Waals surface area contributed by atoms with Gasteiger partial charge >= 0.3 is 0 Å². The monoisotopic (exact) mass is 465 g/mol. The molecule has 1 fully saturated rings. The van der Waals surface area contributed by atoms with Crippen molar-refractivity contribution < 1.29 is 14.3 Å². The number of nitrogens with two attached hydrogens (primary N) is 1. The molecule has 6 nitrogen and oxygen atoms in total. The number of para-hydroxylation sites is 2. The van der Waals surface area contributed by atoms with Gasteiger partial charge in [0.05, 0.1) is 12.8 Å². The third-order valence-electron chi connectivity index (χ3n) is 7.38. The Kier molecular flexibility index (Phi) is 8.11. The molecule has 4 rings (SSSR count). The predicted octanol–water partition coefficient (Wildman–Crippen LogP) is 5.05. The normalized spacial score (nSPS) is 22.9. The Morgan fingerprint density at radius 2 is 1.76 bits per heavy atom. The number of rotatable bonds is 9. The minimum Gasteiger partial charge on any atom is -0.496 e. The first kappa shape index (κ1) is 24.6. The summed E-state index contributed by atoms with van der Waals surface area (Å²) in [6, 6.07) is 14.9. The smallest absolute Gasteiger partial charge is 0.273 e. The van der Waals surface area contributed by atoms with Gasteiger partial charge in [0.15, 0.2) is 0 Å². The standard InChI is InChI=1S/C28H39N3O3/c1-20-10-9-11-21(2)30(20)16-7-4-8-17-31-24-12-5-6-13-26(24)34-27(28(31)32)23-18-22(19-29)14-15-25(23)33-3/h5-6,12-15,18,20-21,27H,4,7-11,16-17,19,29H2,1-3H3. The Morgan fingerprint density at radius 1 is 1.03 bits per heavy atom. The van der Waals surface area contributed by atoms with Crippen LogP contribution in [0.25, 0.3) is 0 Å². The van der Waals surface area contributed by atoms with Crippen LogP contribution in [0, 0.1) is 0 Å². The number of fused-ring (bicyclic) bond motifs is 1. The zero-order valence-electron chi connectivity index (χ0n) is 20.8. The molecule has 2 aromatic rings. The summed E-state index contributed by atoms with van der Waals surface area (Å²) in [5, 5.41) is 0. The van der Waals surface area contributed by atoms with Crippen molar-refractivity contribution in [3.63, 3.8) is 0 Å². The summed E-state index contributed by atoms with van der Waals surface area (Å²) in [6.45, 7) is 6.92. The summed E-state index contributed by atoms with van der Waals surface area (Å²) in [6.07, 6.45) is 6.43. The SMILES string of the molecule is COc1ccc(CN)cc1C1Oc2ccccc2N(CCCCCN2C(C)CCCC2C)C1=O. The lowest BCUT2D eigenvalue weighted by molar-refractivity contribution is -0.126. The van der Waals surface area contributed by atoms with Crippen LogP contribution in [0.1, 0.15) is 69.6 Å². The molecule has 6 heteroatoms. The number of carbonyl (C=O) groups excluding carboxylic acids is 1. The van der Waals surface area contributed by atoms with Crippen molar-refractivity contribution in [2.45, 2.75) is 77.1 Å². The number of unbranched alkanes of at least 4 members (excludes halogenated alkanes) is 2. The molecule has 0 aromatic heterocycles. The highest BCUT2D eigenvalue weighted by molar-refractivity contribution is 6.00. The molecule has 1 saturated heterocycles. The van der Waals surface area contributed by atoms with E-state index in [0.717, 1.165) is 48.4 Å². The largest absolute Gasteiger partial charge is 0.496 e. The Hall–Kier alpha value is -2.57. The molecular formula is C28H39N3O3. The number of carbonyl (C=O) groups is 1. The third-order valence-corrected chi connectivity index (χ3v) is 7.38. The molecule has 2 aliphatic heterocycles. The van der Waals surface area contributed by atoms with Gasteiger partial charge in [0.1, 0.15) is 11.5 Å². The van der Waals surface area contributed by atoms with Gasteiger partial charge in [-0.1, -0.05) is 31.0 Å². The zero-order valence-corrected chi connectivity index (χ0v) is 20.8. The third kappa shape index (κ3) is 5.23. The fraction of sp³-hybridized carbons (Fsp3) is 0.536.